The van der Waals surface area contributed by atoms with E-state index in [4.69, 9.17) is 0 Å². The Morgan fingerprint density at radius 3 is 2.46 bits per heavy atom. The van der Waals surface area contributed by atoms with E-state index in [9.17, 15) is 0 Å². The molecule has 0 N–H and O–H groups in total. The van der Waals surface area contributed by atoms with Gasteiger partial charge in [-0.1, -0.05) is 0 Å². The molecule has 0 aromatic carbocycles. The molecule has 1 aliphatic carbocycles. The van der Waals surface area contributed by atoms with Gasteiger partial charge in [-0.3, -0.25) is 6.08 Å². The predicted molar refractivity (Wildman–Crippen MR) is 54.1 cm³/mol. The number of hydrogen-bond acceptors (Lipinski definition) is 0. The molecule has 0 aliphatic heterocycles. The topological polar surface area (TPSA) is 0 Å². The van der Waals surface area contributed by atoms with Gasteiger partial charge in [-0.2, -0.15) is 6.08 Å². The molecule has 0 nitrogen and oxygen atoms in total. The van der Waals surface area contributed by atoms with Crippen molar-refractivity contribution in [1.29, 1.82) is 0 Å². The molecule has 2 rings (SSSR count). The van der Waals surface area contributed by atoms with Gasteiger partial charge in [0.05, 0.1) is 0 Å². The zero-order valence-corrected chi connectivity index (χ0v) is 10.3. The van der Waals surface area contributed by atoms with Gasteiger partial charge in [0, 0.05) is 26.2 Å². The average Bonchev–Trinajstić information content (AvgIpc) is 2.62. The molecule has 0 unspecified atom stereocenters. The van der Waals surface area contributed by atoms with Gasteiger partial charge in [-0.25, -0.2) is 12.2 Å². The summed E-state index contributed by atoms with van der Waals surface area (Å²) in [5, 5.41) is 0. The Balaban J connectivity index is 0.000000215. The summed E-state index contributed by atoms with van der Waals surface area (Å²) in [5.74, 6) is 2.04. The molecule has 0 radical (unpaired) electrons. The summed E-state index contributed by atoms with van der Waals surface area (Å²) >= 11 is 0. The summed E-state index contributed by atoms with van der Waals surface area (Å²) in [6, 6.07) is 6.14. The minimum absolute atomic E-state index is 0. The van der Waals surface area contributed by atoms with Crippen LogP contribution in [-0.2, 0) is 26.2 Å². The smallest absolute Gasteiger partial charge is 0 e. The third-order valence-corrected chi connectivity index (χ3v) is 1.53. The van der Waals surface area contributed by atoms with Gasteiger partial charge in [0.15, 0.2) is 0 Å². The molecule has 13 heavy (non-hydrogen) atoms. The quantitative estimate of drug-likeness (QED) is 0.617. The normalized spacial score (nSPS) is 11.2. The van der Waals surface area contributed by atoms with E-state index in [1.165, 1.54) is 5.46 Å². The summed E-state index contributed by atoms with van der Waals surface area (Å²) in [6.45, 7) is 4.17. The van der Waals surface area contributed by atoms with Crippen LogP contribution in [0.5, 0.6) is 0 Å². The second kappa shape index (κ2) is 8.38. The van der Waals surface area contributed by atoms with E-state index < -0.39 is 0 Å². The molecule has 1 heterocycles. The molecule has 0 amide bonds. The van der Waals surface area contributed by atoms with E-state index in [1.54, 1.807) is 0 Å². The van der Waals surface area contributed by atoms with Gasteiger partial charge < -0.3 is 0 Å². The van der Waals surface area contributed by atoms with Crippen molar-refractivity contribution < 1.29 is 26.2 Å². The van der Waals surface area contributed by atoms with Crippen LogP contribution in [0.25, 0.3) is 0 Å². The van der Waals surface area contributed by atoms with Crippen LogP contribution < -0.4 is 0 Å². The van der Waals surface area contributed by atoms with E-state index in [0.29, 0.717) is 0 Å². The van der Waals surface area contributed by atoms with Gasteiger partial charge in [-0.05, 0) is 0 Å². The molecule has 0 fully saturated rings. The van der Waals surface area contributed by atoms with Crippen LogP contribution in [0.15, 0.2) is 42.4 Å². The van der Waals surface area contributed by atoms with Crippen molar-refractivity contribution >= 4 is 6.91 Å². The first-order valence-corrected chi connectivity index (χ1v) is 4.13. The number of rotatable bonds is 0. The Bertz CT molecular complexity index is 255. The number of aryl methyl sites for hydroxylation is 1. The Kier molecular flexibility index (Phi) is 8.24. The first-order valence-electron chi connectivity index (χ1n) is 4.13. The molecule has 0 saturated heterocycles. The fraction of sp³-hybridized carbons (Fsp3) is 0.182. The molecular weight excluding hydrogens is 234 g/mol. The van der Waals surface area contributed by atoms with Crippen molar-refractivity contribution in [2.75, 3.05) is 0 Å². The van der Waals surface area contributed by atoms with Gasteiger partial charge in [0.25, 0.3) is 0 Å². The van der Waals surface area contributed by atoms with Crippen LogP contribution in [0.3, 0.4) is 0 Å². The zero-order chi connectivity index (χ0) is 8.65. The maximum atomic E-state index is 2.99. The van der Waals surface area contributed by atoms with Crippen molar-refractivity contribution in [3.05, 3.63) is 53.9 Å². The van der Waals surface area contributed by atoms with E-state index in [1.807, 2.05) is 30.2 Å². The monoisotopic (exact) mass is 245 g/mol. The van der Waals surface area contributed by atoms with Crippen molar-refractivity contribution in [1.82, 2.24) is 0 Å². The summed E-state index contributed by atoms with van der Waals surface area (Å²) in [6.07, 6.45) is 10.0. The molecule has 1 aliphatic rings. The van der Waals surface area contributed by atoms with Crippen molar-refractivity contribution in [3.8, 4) is 0 Å². The molecule has 1 aromatic rings. The van der Waals surface area contributed by atoms with Crippen LogP contribution in [0, 0.1) is 13.0 Å². The molecular formula is C11H12BZr-. The third kappa shape index (κ3) is 6.90. The Morgan fingerprint density at radius 2 is 2.23 bits per heavy atom. The molecule has 64 valence electrons. The van der Waals surface area contributed by atoms with Crippen molar-refractivity contribution in [3.63, 3.8) is 0 Å². The summed E-state index contributed by atoms with van der Waals surface area (Å²) < 4.78 is 0. The van der Waals surface area contributed by atoms with Crippen LogP contribution >= 0.6 is 0 Å². The third-order valence-electron chi connectivity index (χ3n) is 1.53. The largest absolute Gasteiger partial charge is 0.273 e. The molecule has 0 saturated carbocycles. The number of allylic oxidation sites excluding steroid dienone is 4. The molecule has 0 atom stereocenters. The maximum Gasteiger partial charge on any atom is 0 e. The molecule has 0 spiro atoms. The molecule has 1 aromatic heterocycles. The van der Waals surface area contributed by atoms with Crippen LogP contribution in [0.4, 0.5) is 0 Å². The summed E-state index contributed by atoms with van der Waals surface area (Å²) in [7, 11) is 0. The van der Waals surface area contributed by atoms with Gasteiger partial charge in [0.2, 0.25) is 0 Å². The first kappa shape index (κ1) is 12.8. The minimum Gasteiger partial charge on any atom is -0.273 e. The van der Waals surface area contributed by atoms with E-state index in [-0.39, 0.29) is 26.2 Å². The predicted octanol–water partition coefficient (Wildman–Crippen LogP) is 2.64. The number of hydrogen-bond donors (Lipinski definition) is 0. The van der Waals surface area contributed by atoms with Crippen LogP contribution in [0.2, 0.25) is 0 Å². The van der Waals surface area contributed by atoms with Gasteiger partial charge >= 0.3 is 43.5 Å². The standard InChI is InChI=1S/C6H7B.C5H5.Zr/c1-6-4-2-3-5-7-6;1-2-4-5-3-1;/h2-5H,1H3;1-3H,4H2;/q;-1;. The van der Waals surface area contributed by atoms with Crippen LogP contribution in [0.1, 0.15) is 11.9 Å². The fourth-order valence-corrected chi connectivity index (χ4v) is 0.875. The summed E-state index contributed by atoms with van der Waals surface area (Å²) in [4.78, 5) is 0. The van der Waals surface area contributed by atoms with Gasteiger partial charge in [0.1, 0.15) is 0 Å². The summed E-state index contributed by atoms with van der Waals surface area (Å²) in [5.41, 5.74) is 1.32. The Morgan fingerprint density at radius 1 is 1.38 bits per heavy atom. The first-order chi connectivity index (χ1) is 5.89. The SMILES string of the molecule is Cc1bcccc1.[C-]1=CC=CC1.[Zr]. The van der Waals surface area contributed by atoms with E-state index >= 15 is 0 Å². The van der Waals surface area contributed by atoms with Crippen LogP contribution in [-0.4, -0.2) is 6.91 Å². The Labute approximate surface area is 100 Å². The van der Waals surface area contributed by atoms with Crippen molar-refractivity contribution in [2.45, 2.75) is 13.3 Å². The van der Waals surface area contributed by atoms with Gasteiger partial charge in [-0.15, -0.1) is 6.42 Å². The minimum atomic E-state index is 0. The Hall–Kier alpha value is -0.222. The molecule has 2 heteroatoms. The average molecular weight is 246 g/mol. The van der Waals surface area contributed by atoms with E-state index in [2.05, 4.69) is 32.1 Å². The maximum absolute atomic E-state index is 2.99. The second-order valence-corrected chi connectivity index (χ2v) is 2.66. The zero-order valence-electron chi connectivity index (χ0n) is 7.83. The van der Waals surface area contributed by atoms with E-state index in [0.717, 1.165) is 6.42 Å². The molecule has 0 bridgehead atoms. The van der Waals surface area contributed by atoms with Crippen molar-refractivity contribution in [2.24, 2.45) is 0 Å². The second-order valence-electron chi connectivity index (χ2n) is 2.66. The fourth-order valence-electron chi connectivity index (χ4n) is 0.875.